The second-order valence-electron chi connectivity index (χ2n) is 6.47. The summed E-state index contributed by atoms with van der Waals surface area (Å²) < 4.78 is 11.2. The van der Waals surface area contributed by atoms with Crippen molar-refractivity contribution in [2.45, 2.75) is 43.8 Å². The maximum Gasteiger partial charge on any atom is 0.266 e. The van der Waals surface area contributed by atoms with Gasteiger partial charge in [-0.1, -0.05) is 18.0 Å². The number of aliphatic hydroxyl groups excluding tert-OH is 1. The number of halogens is 1. The van der Waals surface area contributed by atoms with E-state index in [0.717, 1.165) is 25.3 Å². The standard InChI is InChI=1S/C17H20ClN3O3/c18-12-4-6-13(7-5-12)23-15-8-9-21(10-14(15)22)17-19-16(24-20-17)11-2-1-3-11/h4-7,11,14-15,22H,1-3,8-10H2/t14-,15-/m1/s1. The number of rotatable bonds is 4. The molecule has 0 amide bonds. The molecule has 2 heterocycles. The third-order valence-corrected chi connectivity index (χ3v) is 5.04. The van der Waals surface area contributed by atoms with Crippen molar-refractivity contribution in [3.63, 3.8) is 0 Å². The van der Waals surface area contributed by atoms with E-state index in [4.69, 9.17) is 20.9 Å². The van der Waals surface area contributed by atoms with Crippen LogP contribution in [0, 0.1) is 0 Å². The number of benzene rings is 1. The molecule has 2 aliphatic rings. The van der Waals surface area contributed by atoms with Crippen molar-refractivity contribution in [3.05, 3.63) is 35.2 Å². The largest absolute Gasteiger partial charge is 0.488 e. The van der Waals surface area contributed by atoms with E-state index in [9.17, 15) is 5.11 Å². The van der Waals surface area contributed by atoms with Gasteiger partial charge in [-0.3, -0.25) is 0 Å². The predicted molar refractivity (Wildman–Crippen MR) is 89.6 cm³/mol. The first kappa shape index (κ1) is 15.7. The van der Waals surface area contributed by atoms with Crippen LogP contribution in [0.1, 0.15) is 37.5 Å². The molecule has 128 valence electrons. The Balaban J connectivity index is 1.37. The maximum absolute atomic E-state index is 10.4. The van der Waals surface area contributed by atoms with E-state index < -0.39 is 6.10 Å². The summed E-state index contributed by atoms with van der Waals surface area (Å²) in [7, 11) is 0. The molecule has 1 N–H and O–H groups in total. The van der Waals surface area contributed by atoms with Gasteiger partial charge in [0.05, 0.1) is 6.54 Å². The summed E-state index contributed by atoms with van der Waals surface area (Å²) >= 11 is 5.87. The van der Waals surface area contributed by atoms with Crippen LogP contribution in [0.15, 0.2) is 28.8 Å². The average Bonchev–Trinajstić information content (AvgIpc) is 2.99. The van der Waals surface area contributed by atoms with Crippen LogP contribution >= 0.6 is 11.6 Å². The number of aromatic nitrogens is 2. The van der Waals surface area contributed by atoms with Crippen LogP contribution in [0.3, 0.4) is 0 Å². The molecule has 1 saturated carbocycles. The van der Waals surface area contributed by atoms with Crippen LogP contribution in [-0.4, -0.2) is 40.5 Å². The molecule has 1 aromatic heterocycles. The Morgan fingerprint density at radius 1 is 1.21 bits per heavy atom. The molecule has 2 aromatic rings. The zero-order valence-electron chi connectivity index (χ0n) is 13.3. The highest BCUT2D eigenvalue weighted by atomic mass is 35.5. The molecular weight excluding hydrogens is 330 g/mol. The number of aliphatic hydroxyl groups is 1. The van der Waals surface area contributed by atoms with Crippen LogP contribution in [0.5, 0.6) is 5.75 Å². The fraction of sp³-hybridized carbons (Fsp3) is 0.529. The summed E-state index contributed by atoms with van der Waals surface area (Å²) in [5, 5.41) is 15.1. The second-order valence-corrected chi connectivity index (χ2v) is 6.91. The van der Waals surface area contributed by atoms with Crippen LogP contribution in [0.2, 0.25) is 5.02 Å². The Morgan fingerprint density at radius 3 is 2.67 bits per heavy atom. The Labute approximate surface area is 145 Å². The van der Waals surface area contributed by atoms with Crippen molar-refractivity contribution in [1.82, 2.24) is 10.1 Å². The number of anilines is 1. The fourth-order valence-corrected chi connectivity index (χ4v) is 3.22. The van der Waals surface area contributed by atoms with E-state index >= 15 is 0 Å². The van der Waals surface area contributed by atoms with Crippen molar-refractivity contribution in [2.75, 3.05) is 18.0 Å². The SMILES string of the molecule is O[C@@H]1CN(c2noc(C3CCC3)n2)CC[C@H]1Oc1ccc(Cl)cc1. The first-order valence-electron chi connectivity index (χ1n) is 8.38. The molecule has 7 heteroatoms. The third-order valence-electron chi connectivity index (χ3n) is 4.79. The van der Waals surface area contributed by atoms with Gasteiger partial charge >= 0.3 is 0 Å². The summed E-state index contributed by atoms with van der Waals surface area (Å²) in [4.78, 5) is 6.45. The van der Waals surface area contributed by atoms with Crippen LogP contribution in [0.25, 0.3) is 0 Å². The lowest BCUT2D eigenvalue weighted by molar-refractivity contribution is 0.0238. The Bertz CT molecular complexity index is 687. The minimum atomic E-state index is -0.611. The smallest absolute Gasteiger partial charge is 0.266 e. The second kappa shape index (κ2) is 6.61. The van der Waals surface area contributed by atoms with Gasteiger partial charge in [-0.15, -0.1) is 0 Å². The lowest BCUT2D eigenvalue weighted by Gasteiger charge is -2.35. The van der Waals surface area contributed by atoms with Gasteiger partial charge in [0.15, 0.2) is 0 Å². The molecule has 0 bridgehead atoms. The molecule has 1 saturated heterocycles. The molecule has 6 nitrogen and oxygen atoms in total. The van der Waals surface area contributed by atoms with Crippen LogP contribution in [-0.2, 0) is 0 Å². The number of β-amino-alcohol motifs (C(OH)–C–C–N with tert-alkyl or cyclic N) is 1. The van der Waals surface area contributed by atoms with E-state index in [0.29, 0.717) is 35.6 Å². The summed E-state index contributed by atoms with van der Waals surface area (Å²) in [5.41, 5.74) is 0. The minimum Gasteiger partial charge on any atom is -0.488 e. The Hall–Kier alpha value is -1.79. The highest BCUT2D eigenvalue weighted by Crippen LogP contribution is 2.36. The van der Waals surface area contributed by atoms with Crippen molar-refractivity contribution >= 4 is 17.5 Å². The molecule has 24 heavy (non-hydrogen) atoms. The number of hydrogen-bond acceptors (Lipinski definition) is 6. The van der Waals surface area contributed by atoms with Gasteiger partial charge < -0.3 is 19.3 Å². The predicted octanol–water partition coefficient (Wildman–Crippen LogP) is 3.01. The van der Waals surface area contributed by atoms with Gasteiger partial charge in [0.2, 0.25) is 5.89 Å². The summed E-state index contributed by atoms with van der Waals surface area (Å²) in [6.07, 6.45) is 3.31. The average molecular weight is 350 g/mol. The van der Waals surface area contributed by atoms with Gasteiger partial charge in [0.1, 0.15) is 18.0 Å². The van der Waals surface area contributed by atoms with E-state index in [1.165, 1.54) is 6.42 Å². The topological polar surface area (TPSA) is 71.6 Å². The first-order valence-corrected chi connectivity index (χ1v) is 8.75. The molecule has 1 aromatic carbocycles. The molecule has 2 atom stereocenters. The van der Waals surface area contributed by atoms with Crippen molar-refractivity contribution in [1.29, 1.82) is 0 Å². The molecule has 0 unspecified atom stereocenters. The molecule has 1 aliphatic carbocycles. The molecule has 0 spiro atoms. The highest BCUT2D eigenvalue weighted by Gasteiger charge is 2.32. The number of hydrogen-bond donors (Lipinski definition) is 1. The quantitative estimate of drug-likeness (QED) is 0.914. The number of piperidine rings is 1. The number of nitrogens with zero attached hydrogens (tertiary/aromatic N) is 3. The zero-order valence-corrected chi connectivity index (χ0v) is 14.0. The van der Waals surface area contributed by atoms with E-state index in [2.05, 4.69) is 10.1 Å². The highest BCUT2D eigenvalue weighted by molar-refractivity contribution is 6.30. The number of ether oxygens (including phenoxy) is 1. The molecule has 1 aliphatic heterocycles. The summed E-state index contributed by atoms with van der Waals surface area (Å²) in [6, 6.07) is 7.18. The Kier molecular flexibility index (Phi) is 4.33. The normalized spacial score (nSPS) is 24.7. The van der Waals surface area contributed by atoms with Gasteiger partial charge in [0, 0.05) is 23.9 Å². The molecule has 4 rings (SSSR count). The Morgan fingerprint density at radius 2 is 2.00 bits per heavy atom. The molecule has 0 radical (unpaired) electrons. The summed E-state index contributed by atoms with van der Waals surface area (Å²) in [5.74, 6) is 2.43. The minimum absolute atomic E-state index is 0.250. The molecular formula is C17H20ClN3O3. The first-order chi connectivity index (χ1) is 11.7. The van der Waals surface area contributed by atoms with Gasteiger partial charge in [-0.2, -0.15) is 4.98 Å². The van der Waals surface area contributed by atoms with E-state index in [1.807, 2.05) is 17.0 Å². The van der Waals surface area contributed by atoms with Gasteiger partial charge in [0.25, 0.3) is 5.95 Å². The summed E-state index contributed by atoms with van der Waals surface area (Å²) in [6.45, 7) is 1.15. The van der Waals surface area contributed by atoms with E-state index in [-0.39, 0.29) is 6.10 Å². The van der Waals surface area contributed by atoms with Gasteiger partial charge in [-0.05, 0) is 42.3 Å². The van der Waals surface area contributed by atoms with Crippen molar-refractivity contribution in [3.8, 4) is 5.75 Å². The third kappa shape index (κ3) is 3.21. The van der Waals surface area contributed by atoms with Crippen molar-refractivity contribution in [2.24, 2.45) is 0 Å². The van der Waals surface area contributed by atoms with Gasteiger partial charge in [-0.25, -0.2) is 0 Å². The lowest BCUT2D eigenvalue weighted by atomic mass is 9.85. The van der Waals surface area contributed by atoms with Crippen LogP contribution < -0.4 is 9.64 Å². The van der Waals surface area contributed by atoms with Crippen LogP contribution in [0.4, 0.5) is 5.95 Å². The lowest BCUT2D eigenvalue weighted by Crippen LogP contribution is -2.49. The molecule has 2 fully saturated rings. The van der Waals surface area contributed by atoms with E-state index in [1.54, 1.807) is 12.1 Å². The zero-order chi connectivity index (χ0) is 16.5. The monoisotopic (exact) mass is 349 g/mol. The maximum atomic E-state index is 10.4. The fourth-order valence-electron chi connectivity index (χ4n) is 3.09. The van der Waals surface area contributed by atoms with Crippen molar-refractivity contribution < 1.29 is 14.4 Å².